The van der Waals surface area contributed by atoms with E-state index < -0.39 is 6.04 Å². The van der Waals surface area contributed by atoms with Gasteiger partial charge in [0, 0.05) is 30.9 Å². The summed E-state index contributed by atoms with van der Waals surface area (Å²) < 4.78 is 13.5. The summed E-state index contributed by atoms with van der Waals surface area (Å²) in [6.07, 6.45) is 7.37. The van der Waals surface area contributed by atoms with Crippen LogP contribution in [-0.2, 0) is 11.2 Å². The molecule has 4 rings (SSSR count). The molecule has 2 amide bonds. The van der Waals surface area contributed by atoms with Crippen molar-refractivity contribution in [3.8, 4) is 0 Å². The van der Waals surface area contributed by atoms with E-state index in [2.05, 4.69) is 15.5 Å². The quantitative estimate of drug-likeness (QED) is 0.626. The molecule has 0 bridgehead atoms. The second-order valence-corrected chi connectivity index (χ2v) is 9.44. The van der Waals surface area contributed by atoms with Crippen molar-refractivity contribution in [3.63, 3.8) is 0 Å². The van der Waals surface area contributed by atoms with Crippen molar-refractivity contribution in [1.82, 2.24) is 10.6 Å². The normalized spacial score (nSPS) is 16.8. The monoisotopic (exact) mass is 451 g/mol. The standard InChI is InChI=1S/C27H34FN3O2/c1-19-6-5-9-22(16-19)26(32)30-24(17-20-7-3-2-4-8-20)27(33)29-13-15-31-14-12-21-18-23(28)10-11-25(21)31/h5-6,9-11,16,18,20,24H,2-4,7-8,12-15,17H2,1H3,(H,29,33)(H,30,32). The van der Waals surface area contributed by atoms with E-state index in [1.54, 1.807) is 12.1 Å². The fourth-order valence-electron chi connectivity index (χ4n) is 5.12. The van der Waals surface area contributed by atoms with Crippen LogP contribution in [0.5, 0.6) is 0 Å². The molecular formula is C27H34FN3O2. The fraction of sp³-hybridized carbons (Fsp3) is 0.481. The van der Waals surface area contributed by atoms with Gasteiger partial charge in [0.2, 0.25) is 5.91 Å². The van der Waals surface area contributed by atoms with E-state index in [-0.39, 0.29) is 17.6 Å². The van der Waals surface area contributed by atoms with E-state index in [4.69, 9.17) is 0 Å². The number of nitrogens with one attached hydrogen (secondary N) is 2. The Hall–Kier alpha value is -2.89. The number of hydrogen-bond donors (Lipinski definition) is 2. The molecule has 0 aromatic heterocycles. The van der Waals surface area contributed by atoms with Gasteiger partial charge in [-0.05, 0) is 61.6 Å². The predicted molar refractivity (Wildman–Crippen MR) is 129 cm³/mol. The number of fused-ring (bicyclic) bond motifs is 1. The highest BCUT2D eigenvalue weighted by molar-refractivity contribution is 5.97. The first kappa shape index (κ1) is 23.3. The van der Waals surface area contributed by atoms with Gasteiger partial charge in [0.05, 0.1) is 0 Å². The SMILES string of the molecule is Cc1cccc(C(=O)NC(CC2CCCCC2)C(=O)NCCN2CCc3cc(F)ccc32)c1. The summed E-state index contributed by atoms with van der Waals surface area (Å²) >= 11 is 0. The molecule has 1 unspecified atom stereocenters. The summed E-state index contributed by atoms with van der Waals surface area (Å²) in [5.74, 6) is -0.0725. The smallest absolute Gasteiger partial charge is 0.251 e. The number of nitrogens with zero attached hydrogens (tertiary/aromatic N) is 1. The molecule has 1 aliphatic carbocycles. The molecule has 33 heavy (non-hydrogen) atoms. The van der Waals surface area contributed by atoms with Crippen LogP contribution < -0.4 is 15.5 Å². The van der Waals surface area contributed by atoms with Crippen LogP contribution in [0.25, 0.3) is 0 Å². The zero-order valence-electron chi connectivity index (χ0n) is 19.4. The van der Waals surface area contributed by atoms with E-state index in [1.807, 2.05) is 31.2 Å². The van der Waals surface area contributed by atoms with Gasteiger partial charge in [-0.3, -0.25) is 9.59 Å². The van der Waals surface area contributed by atoms with Gasteiger partial charge in [0.25, 0.3) is 5.91 Å². The summed E-state index contributed by atoms with van der Waals surface area (Å²) in [7, 11) is 0. The molecular weight excluding hydrogens is 417 g/mol. The average Bonchev–Trinajstić information content (AvgIpc) is 3.21. The van der Waals surface area contributed by atoms with Gasteiger partial charge in [-0.1, -0.05) is 49.8 Å². The molecule has 2 aromatic carbocycles. The second-order valence-electron chi connectivity index (χ2n) is 9.44. The first-order chi connectivity index (χ1) is 16.0. The van der Waals surface area contributed by atoms with Crippen molar-refractivity contribution in [2.24, 2.45) is 5.92 Å². The maximum absolute atomic E-state index is 13.5. The molecule has 2 N–H and O–H groups in total. The molecule has 1 fully saturated rings. The molecule has 0 saturated heterocycles. The minimum Gasteiger partial charge on any atom is -0.369 e. The minimum absolute atomic E-state index is 0.125. The fourth-order valence-corrected chi connectivity index (χ4v) is 5.12. The van der Waals surface area contributed by atoms with Gasteiger partial charge in [0.1, 0.15) is 11.9 Å². The number of carbonyl (C=O) groups excluding carboxylic acids is 2. The molecule has 2 aliphatic rings. The Balaban J connectivity index is 1.36. The highest BCUT2D eigenvalue weighted by Gasteiger charge is 2.27. The Labute approximate surface area is 195 Å². The highest BCUT2D eigenvalue weighted by atomic mass is 19.1. The summed E-state index contributed by atoms with van der Waals surface area (Å²) in [4.78, 5) is 28.2. The van der Waals surface area contributed by atoms with Crippen LogP contribution in [-0.4, -0.2) is 37.5 Å². The summed E-state index contributed by atoms with van der Waals surface area (Å²) in [5, 5.41) is 6.04. The number of hydrogen-bond acceptors (Lipinski definition) is 3. The molecule has 0 radical (unpaired) electrons. The molecule has 0 spiro atoms. The largest absolute Gasteiger partial charge is 0.369 e. The van der Waals surface area contributed by atoms with Gasteiger partial charge >= 0.3 is 0 Å². The Morgan fingerprint density at radius 1 is 1.12 bits per heavy atom. The summed E-state index contributed by atoms with van der Waals surface area (Å²) in [5.41, 5.74) is 3.65. The van der Waals surface area contributed by atoms with Crippen LogP contribution in [0.15, 0.2) is 42.5 Å². The maximum atomic E-state index is 13.5. The van der Waals surface area contributed by atoms with Crippen LogP contribution in [0.4, 0.5) is 10.1 Å². The van der Waals surface area contributed by atoms with Crippen molar-refractivity contribution >= 4 is 17.5 Å². The topological polar surface area (TPSA) is 61.4 Å². The molecule has 1 aliphatic heterocycles. The Morgan fingerprint density at radius 2 is 1.94 bits per heavy atom. The molecule has 6 heteroatoms. The third-order valence-corrected chi connectivity index (χ3v) is 6.91. The Kier molecular flexibility index (Phi) is 7.63. The zero-order chi connectivity index (χ0) is 23.2. The molecule has 1 heterocycles. The number of benzene rings is 2. The number of carbonyl (C=O) groups is 2. The van der Waals surface area contributed by atoms with Gasteiger partial charge in [-0.25, -0.2) is 4.39 Å². The van der Waals surface area contributed by atoms with Crippen LogP contribution >= 0.6 is 0 Å². The number of rotatable bonds is 8. The van der Waals surface area contributed by atoms with Gasteiger partial charge in [-0.2, -0.15) is 0 Å². The second kappa shape index (κ2) is 10.8. The van der Waals surface area contributed by atoms with E-state index in [9.17, 15) is 14.0 Å². The Morgan fingerprint density at radius 3 is 2.73 bits per heavy atom. The molecule has 1 saturated carbocycles. The first-order valence-corrected chi connectivity index (χ1v) is 12.2. The van der Waals surface area contributed by atoms with E-state index in [1.165, 1.54) is 25.3 Å². The molecule has 2 aromatic rings. The van der Waals surface area contributed by atoms with Gasteiger partial charge in [0.15, 0.2) is 0 Å². The Bertz CT molecular complexity index is 987. The van der Waals surface area contributed by atoms with E-state index >= 15 is 0 Å². The van der Waals surface area contributed by atoms with E-state index in [0.717, 1.165) is 42.6 Å². The van der Waals surface area contributed by atoms with Crippen LogP contribution in [0.1, 0.15) is 60.0 Å². The van der Waals surface area contributed by atoms with Crippen molar-refractivity contribution in [3.05, 3.63) is 65.0 Å². The first-order valence-electron chi connectivity index (χ1n) is 12.2. The average molecular weight is 452 g/mol. The molecule has 176 valence electrons. The predicted octanol–water partition coefficient (Wildman–Crippen LogP) is 4.38. The zero-order valence-corrected chi connectivity index (χ0v) is 19.4. The minimum atomic E-state index is -0.541. The van der Waals surface area contributed by atoms with Crippen molar-refractivity contribution < 1.29 is 14.0 Å². The maximum Gasteiger partial charge on any atom is 0.251 e. The number of aryl methyl sites for hydroxylation is 1. The van der Waals surface area contributed by atoms with Crippen molar-refractivity contribution in [1.29, 1.82) is 0 Å². The van der Waals surface area contributed by atoms with E-state index in [0.29, 0.717) is 31.0 Å². The lowest BCUT2D eigenvalue weighted by molar-refractivity contribution is -0.123. The van der Waals surface area contributed by atoms with Gasteiger partial charge in [-0.15, -0.1) is 0 Å². The lowest BCUT2D eigenvalue weighted by atomic mass is 9.84. The lowest BCUT2D eigenvalue weighted by Crippen LogP contribution is -2.49. The molecule has 5 nitrogen and oxygen atoms in total. The molecule has 1 atom stereocenters. The van der Waals surface area contributed by atoms with Crippen LogP contribution in [0, 0.1) is 18.7 Å². The lowest BCUT2D eigenvalue weighted by Gasteiger charge is -2.27. The highest BCUT2D eigenvalue weighted by Crippen LogP contribution is 2.29. The number of halogens is 1. The van der Waals surface area contributed by atoms with Crippen LogP contribution in [0.3, 0.4) is 0 Å². The summed E-state index contributed by atoms with van der Waals surface area (Å²) in [6, 6.07) is 11.8. The third kappa shape index (κ3) is 6.12. The number of anilines is 1. The van der Waals surface area contributed by atoms with Crippen molar-refractivity contribution in [2.75, 3.05) is 24.5 Å². The van der Waals surface area contributed by atoms with Crippen molar-refractivity contribution in [2.45, 2.75) is 57.9 Å². The third-order valence-electron chi connectivity index (χ3n) is 6.91. The van der Waals surface area contributed by atoms with Crippen LogP contribution in [0.2, 0.25) is 0 Å². The summed E-state index contributed by atoms with van der Waals surface area (Å²) in [6.45, 7) is 3.92. The number of amides is 2. The van der Waals surface area contributed by atoms with Gasteiger partial charge < -0.3 is 15.5 Å².